The average molecular weight is 522 g/mol. The van der Waals surface area contributed by atoms with Gasteiger partial charge in [0.25, 0.3) is 0 Å². The van der Waals surface area contributed by atoms with Crippen LogP contribution in [0.2, 0.25) is 0 Å². The van der Waals surface area contributed by atoms with Crippen LogP contribution >= 0.6 is 43.2 Å². The van der Waals surface area contributed by atoms with Crippen molar-refractivity contribution in [3.63, 3.8) is 0 Å². The first-order valence-corrected chi connectivity index (χ1v) is 10.4. The van der Waals surface area contributed by atoms with E-state index in [1.165, 1.54) is 11.3 Å². The van der Waals surface area contributed by atoms with Crippen molar-refractivity contribution in [3.8, 4) is 34.6 Å². The van der Waals surface area contributed by atoms with E-state index in [9.17, 15) is 10.4 Å². The molecule has 0 atom stereocenters. The molecule has 5 nitrogen and oxygen atoms in total. The molecule has 3 aromatic rings. The monoisotopic (exact) mass is 520 g/mol. The van der Waals surface area contributed by atoms with E-state index in [-0.39, 0.29) is 5.75 Å². The van der Waals surface area contributed by atoms with Gasteiger partial charge in [0.15, 0.2) is 11.5 Å². The molecule has 0 saturated heterocycles. The number of phenols is 1. The summed E-state index contributed by atoms with van der Waals surface area (Å²) in [5.74, 6) is 1.37. The van der Waals surface area contributed by atoms with E-state index in [0.717, 1.165) is 16.8 Å². The highest BCUT2D eigenvalue weighted by molar-refractivity contribution is 9.11. The Labute approximate surface area is 183 Å². The molecule has 1 aromatic heterocycles. The van der Waals surface area contributed by atoms with Gasteiger partial charge in [-0.25, -0.2) is 4.98 Å². The van der Waals surface area contributed by atoms with Gasteiger partial charge >= 0.3 is 0 Å². The number of aromatic nitrogens is 1. The second kappa shape index (κ2) is 8.78. The van der Waals surface area contributed by atoms with Crippen molar-refractivity contribution in [3.05, 3.63) is 55.2 Å². The predicted octanol–water partition coefficient (Wildman–Crippen LogP) is 6.12. The number of halogens is 2. The molecule has 0 bridgehead atoms. The molecular formula is C20H14Br2N2O3S. The number of benzene rings is 2. The standard InChI is InChI=1S/C20H14Br2N2O3S/c1-26-17-4-3-12(8-18(17)27-2)16-10-28-20(24-16)13(9-23)5-11-6-14(21)19(25)15(22)7-11/h3-8,10,25H,1-2H3. The molecule has 142 valence electrons. The van der Waals surface area contributed by atoms with Crippen LogP contribution in [0.25, 0.3) is 22.9 Å². The Hall–Kier alpha value is -2.34. The highest BCUT2D eigenvalue weighted by atomic mass is 79.9. The zero-order valence-corrected chi connectivity index (χ0v) is 18.9. The van der Waals surface area contributed by atoms with Gasteiger partial charge in [0.1, 0.15) is 16.8 Å². The van der Waals surface area contributed by atoms with Gasteiger partial charge in [0.05, 0.1) is 34.4 Å². The molecule has 0 aliphatic carbocycles. The van der Waals surface area contributed by atoms with E-state index in [1.54, 1.807) is 32.4 Å². The minimum atomic E-state index is 0.112. The van der Waals surface area contributed by atoms with Crippen LogP contribution in [-0.2, 0) is 0 Å². The van der Waals surface area contributed by atoms with Gasteiger partial charge in [-0.1, -0.05) is 0 Å². The van der Waals surface area contributed by atoms with Gasteiger partial charge in [-0.05, 0) is 73.8 Å². The number of phenolic OH excluding ortho intramolecular Hbond substituents is 1. The molecule has 0 unspecified atom stereocenters. The van der Waals surface area contributed by atoms with Crippen LogP contribution in [0.3, 0.4) is 0 Å². The lowest BCUT2D eigenvalue weighted by molar-refractivity contribution is 0.355. The maximum Gasteiger partial charge on any atom is 0.161 e. The van der Waals surface area contributed by atoms with Crippen molar-refractivity contribution in [2.45, 2.75) is 0 Å². The number of thiazole rings is 1. The van der Waals surface area contributed by atoms with E-state index in [0.29, 0.717) is 31.0 Å². The molecule has 1 heterocycles. The van der Waals surface area contributed by atoms with Gasteiger partial charge < -0.3 is 14.6 Å². The minimum Gasteiger partial charge on any atom is -0.506 e. The Morgan fingerprint density at radius 2 is 1.82 bits per heavy atom. The molecule has 0 radical (unpaired) electrons. The smallest absolute Gasteiger partial charge is 0.161 e. The predicted molar refractivity (Wildman–Crippen MR) is 118 cm³/mol. The number of hydrogen-bond donors (Lipinski definition) is 1. The summed E-state index contributed by atoms with van der Waals surface area (Å²) in [7, 11) is 3.17. The molecule has 0 spiro atoms. The summed E-state index contributed by atoms with van der Waals surface area (Å²) in [5.41, 5.74) is 2.81. The third-order valence-electron chi connectivity index (χ3n) is 3.88. The summed E-state index contributed by atoms with van der Waals surface area (Å²) in [6, 6.07) is 11.2. The fraction of sp³-hybridized carbons (Fsp3) is 0.100. The fourth-order valence-electron chi connectivity index (χ4n) is 2.50. The Bertz CT molecular complexity index is 1080. The number of ether oxygens (including phenoxy) is 2. The molecule has 0 aliphatic heterocycles. The number of nitrogens with zero attached hydrogens (tertiary/aromatic N) is 2. The van der Waals surface area contributed by atoms with Gasteiger partial charge in [-0.15, -0.1) is 11.3 Å². The highest BCUT2D eigenvalue weighted by Crippen LogP contribution is 2.36. The first-order chi connectivity index (χ1) is 13.5. The van der Waals surface area contributed by atoms with Crippen molar-refractivity contribution >= 4 is 54.8 Å². The lowest BCUT2D eigenvalue weighted by atomic mass is 10.1. The van der Waals surface area contributed by atoms with Crippen LogP contribution in [0.15, 0.2) is 44.7 Å². The van der Waals surface area contributed by atoms with Crippen molar-refractivity contribution in [2.75, 3.05) is 14.2 Å². The minimum absolute atomic E-state index is 0.112. The van der Waals surface area contributed by atoms with Gasteiger partial charge in [-0.3, -0.25) is 0 Å². The largest absolute Gasteiger partial charge is 0.506 e. The van der Waals surface area contributed by atoms with Gasteiger partial charge in [0.2, 0.25) is 0 Å². The van der Waals surface area contributed by atoms with E-state index in [1.807, 2.05) is 23.6 Å². The van der Waals surface area contributed by atoms with Crippen molar-refractivity contribution in [1.29, 1.82) is 5.26 Å². The number of nitriles is 1. The van der Waals surface area contributed by atoms with Crippen molar-refractivity contribution in [2.24, 2.45) is 0 Å². The summed E-state index contributed by atoms with van der Waals surface area (Å²) in [5, 5.41) is 21.9. The van der Waals surface area contributed by atoms with Crippen molar-refractivity contribution < 1.29 is 14.6 Å². The number of rotatable bonds is 5. The molecule has 2 aromatic carbocycles. The molecule has 0 amide bonds. The van der Waals surface area contributed by atoms with Gasteiger partial charge in [-0.2, -0.15) is 5.26 Å². The summed E-state index contributed by atoms with van der Waals surface area (Å²) < 4.78 is 11.7. The lowest BCUT2D eigenvalue weighted by Crippen LogP contribution is -1.91. The summed E-state index contributed by atoms with van der Waals surface area (Å²) in [6.07, 6.45) is 1.73. The summed E-state index contributed by atoms with van der Waals surface area (Å²) in [6.45, 7) is 0. The average Bonchev–Trinajstić information content (AvgIpc) is 3.19. The molecule has 8 heteroatoms. The third kappa shape index (κ3) is 4.22. The van der Waals surface area contributed by atoms with Crippen LogP contribution in [0.5, 0.6) is 17.2 Å². The Morgan fingerprint density at radius 1 is 1.14 bits per heavy atom. The molecule has 0 aliphatic rings. The summed E-state index contributed by atoms with van der Waals surface area (Å²) in [4.78, 5) is 4.60. The van der Waals surface area contributed by atoms with Crippen LogP contribution < -0.4 is 9.47 Å². The maximum atomic E-state index is 9.84. The Kier molecular flexibility index (Phi) is 6.39. The number of aromatic hydroxyl groups is 1. The molecular weight excluding hydrogens is 508 g/mol. The zero-order valence-electron chi connectivity index (χ0n) is 14.9. The van der Waals surface area contributed by atoms with E-state index >= 15 is 0 Å². The molecule has 1 N–H and O–H groups in total. The van der Waals surface area contributed by atoms with E-state index in [2.05, 4.69) is 42.9 Å². The first kappa shape index (κ1) is 20.4. The highest BCUT2D eigenvalue weighted by Gasteiger charge is 2.13. The van der Waals surface area contributed by atoms with Crippen LogP contribution in [0.4, 0.5) is 0 Å². The number of hydrogen-bond acceptors (Lipinski definition) is 6. The SMILES string of the molecule is COc1ccc(-c2csc(C(C#N)=Cc3cc(Br)c(O)c(Br)c3)n2)cc1OC. The third-order valence-corrected chi connectivity index (χ3v) is 5.97. The maximum absolute atomic E-state index is 9.84. The number of allylic oxidation sites excluding steroid dienone is 1. The zero-order chi connectivity index (χ0) is 20.3. The van der Waals surface area contributed by atoms with Crippen molar-refractivity contribution in [1.82, 2.24) is 4.98 Å². The Morgan fingerprint density at radius 3 is 2.43 bits per heavy atom. The second-order valence-corrected chi connectivity index (χ2v) is 8.18. The normalized spacial score (nSPS) is 11.2. The topological polar surface area (TPSA) is 75.4 Å². The second-order valence-electron chi connectivity index (χ2n) is 5.61. The van der Waals surface area contributed by atoms with E-state index < -0.39 is 0 Å². The lowest BCUT2D eigenvalue weighted by Gasteiger charge is -2.08. The molecule has 0 fully saturated rings. The first-order valence-electron chi connectivity index (χ1n) is 7.95. The van der Waals surface area contributed by atoms with Crippen LogP contribution in [-0.4, -0.2) is 24.3 Å². The quantitative estimate of drug-likeness (QED) is 0.409. The number of methoxy groups -OCH3 is 2. The Balaban J connectivity index is 1.97. The summed E-state index contributed by atoms with van der Waals surface area (Å²) >= 11 is 7.98. The van der Waals surface area contributed by atoms with Crippen LogP contribution in [0.1, 0.15) is 10.6 Å². The fourth-order valence-corrected chi connectivity index (χ4v) is 4.52. The molecule has 0 saturated carbocycles. The van der Waals surface area contributed by atoms with Gasteiger partial charge in [0, 0.05) is 10.9 Å². The molecule has 3 rings (SSSR count). The molecule has 28 heavy (non-hydrogen) atoms. The van der Waals surface area contributed by atoms with Crippen LogP contribution in [0, 0.1) is 11.3 Å². The van der Waals surface area contributed by atoms with E-state index in [4.69, 9.17) is 9.47 Å².